The predicted molar refractivity (Wildman–Crippen MR) is 67.6 cm³/mol. The second kappa shape index (κ2) is 5.51. The molecule has 0 aromatic heterocycles. The third kappa shape index (κ3) is 2.42. The number of esters is 2. The van der Waals surface area contributed by atoms with Gasteiger partial charge in [0.1, 0.15) is 0 Å². The highest BCUT2D eigenvalue weighted by Crippen LogP contribution is 2.27. The van der Waals surface area contributed by atoms with Crippen LogP contribution in [0.1, 0.15) is 11.5 Å². The van der Waals surface area contributed by atoms with Crippen LogP contribution in [0.4, 0.5) is 0 Å². The number of hydrazone groups is 1. The standard InChI is InChI=1S/C13H14N2O4/c1-18-12(16)10-9(8-6-4-3-5-7-8)11(15-14-10)13(17)19-2/h3-7,9-10,14H,1-2H3/t9-,10-/m1/s1. The highest BCUT2D eigenvalue weighted by molar-refractivity contribution is 6.39. The molecule has 0 amide bonds. The van der Waals surface area contributed by atoms with Gasteiger partial charge in [0.05, 0.1) is 20.1 Å². The summed E-state index contributed by atoms with van der Waals surface area (Å²) in [7, 11) is 2.57. The normalized spacial score (nSPS) is 21.3. The van der Waals surface area contributed by atoms with Crippen LogP contribution in [-0.4, -0.2) is 37.9 Å². The van der Waals surface area contributed by atoms with E-state index < -0.39 is 23.9 Å². The van der Waals surface area contributed by atoms with Crippen molar-refractivity contribution in [1.29, 1.82) is 0 Å². The SMILES string of the molecule is COC(=O)C1=NN[C@@H](C(=O)OC)[C@H]1c1ccccc1. The quantitative estimate of drug-likeness (QED) is 0.800. The molecular weight excluding hydrogens is 248 g/mol. The maximum Gasteiger partial charge on any atom is 0.354 e. The Kier molecular flexibility index (Phi) is 3.79. The Morgan fingerprint density at radius 3 is 2.42 bits per heavy atom. The maximum atomic E-state index is 11.7. The number of rotatable bonds is 3. The summed E-state index contributed by atoms with van der Waals surface area (Å²) >= 11 is 0. The lowest BCUT2D eigenvalue weighted by atomic mass is 9.88. The zero-order chi connectivity index (χ0) is 13.8. The number of methoxy groups -OCH3 is 2. The minimum atomic E-state index is -0.721. The Hall–Kier alpha value is -2.37. The molecule has 1 aromatic rings. The Morgan fingerprint density at radius 2 is 1.84 bits per heavy atom. The monoisotopic (exact) mass is 262 g/mol. The van der Waals surface area contributed by atoms with Crippen LogP contribution < -0.4 is 5.43 Å². The van der Waals surface area contributed by atoms with Crippen molar-refractivity contribution in [3.63, 3.8) is 0 Å². The van der Waals surface area contributed by atoms with E-state index >= 15 is 0 Å². The number of carbonyl (C=O) groups excluding carboxylic acids is 2. The highest BCUT2D eigenvalue weighted by Gasteiger charge is 2.42. The van der Waals surface area contributed by atoms with E-state index in [4.69, 9.17) is 4.74 Å². The first kappa shape index (κ1) is 13.1. The van der Waals surface area contributed by atoms with E-state index in [0.717, 1.165) is 5.56 Å². The van der Waals surface area contributed by atoms with Crippen LogP contribution in [-0.2, 0) is 19.1 Å². The maximum absolute atomic E-state index is 11.7. The molecule has 0 saturated heterocycles. The summed E-state index contributed by atoms with van der Waals surface area (Å²) in [6.45, 7) is 0. The fraction of sp³-hybridized carbons (Fsp3) is 0.308. The van der Waals surface area contributed by atoms with Gasteiger partial charge in [0.25, 0.3) is 0 Å². The minimum Gasteiger partial charge on any atom is -0.467 e. The van der Waals surface area contributed by atoms with E-state index in [0.29, 0.717) is 0 Å². The fourth-order valence-electron chi connectivity index (χ4n) is 2.04. The summed E-state index contributed by atoms with van der Waals surface area (Å²) < 4.78 is 9.41. The average molecular weight is 262 g/mol. The van der Waals surface area contributed by atoms with E-state index in [1.165, 1.54) is 14.2 Å². The average Bonchev–Trinajstić information content (AvgIpc) is 2.91. The van der Waals surface area contributed by atoms with Crippen molar-refractivity contribution >= 4 is 17.7 Å². The van der Waals surface area contributed by atoms with E-state index in [9.17, 15) is 9.59 Å². The molecule has 100 valence electrons. The number of nitrogens with one attached hydrogen (secondary N) is 1. The van der Waals surface area contributed by atoms with Gasteiger partial charge in [0.15, 0.2) is 11.8 Å². The van der Waals surface area contributed by atoms with Crippen molar-refractivity contribution in [2.24, 2.45) is 5.10 Å². The molecular formula is C13H14N2O4. The number of hydrogen-bond acceptors (Lipinski definition) is 6. The van der Waals surface area contributed by atoms with Crippen molar-refractivity contribution in [2.45, 2.75) is 12.0 Å². The summed E-state index contributed by atoms with van der Waals surface area (Å²) in [4.78, 5) is 23.5. The van der Waals surface area contributed by atoms with Crippen molar-refractivity contribution in [3.05, 3.63) is 35.9 Å². The van der Waals surface area contributed by atoms with Crippen LogP contribution in [0.3, 0.4) is 0 Å². The van der Waals surface area contributed by atoms with Gasteiger partial charge in [-0.25, -0.2) is 9.59 Å². The minimum absolute atomic E-state index is 0.170. The molecule has 0 fully saturated rings. The summed E-state index contributed by atoms with van der Waals surface area (Å²) in [5.41, 5.74) is 3.60. The molecule has 0 radical (unpaired) electrons. The van der Waals surface area contributed by atoms with E-state index in [1.807, 2.05) is 30.3 Å². The highest BCUT2D eigenvalue weighted by atomic mass is 16.5. The third-order valence-corrected chi connectivity index (χ3v) is 2.96. The van der Waals surface area contributed by atoms with Gasteiger partial charge in [-0.1, -0.05) is 30.3 Å². The van der Waals surface area contributed by atoms with Gasteiger partial charge in [-0.05, 0) is 5.56 Å². The lowest BCUT2D eigenvalue weighted by Crippen LogP contribution is -2.38. The van der Waals surface area contributed by atoms with E-state index in [2.05, 4.69) is 15.3 Å². The van der Waals surface area contributed by atoms with E-state index in [-0.39, 0.29) is 5.71 Å². The van der Waals surface area contributed by atoms with Gasteiger partial charge in [0.2, 0.25) is 0 Å². The van der Waals surface area contributed by atoms with Crippen molar-refractivity contribution in [3.8, 4) is 0 Å². The lowest BCUT2D eigenvalue weighted by Gasteiger charge is -2.18. The number of carbonyl (C=O) groups is 2. The molecule has 1 heterocycles. The Morgan fingerprint density at radius 1 is 1.16 bits per heavy atom. The summed E-state index contributed by atoms with van der Waals surface area (Å²) in [6, 6.07) is 8.45. The molecule has 6 nitrogen and oxygen atoms in total. The zero-order valence-electron chi connectivity index (χ0n) is 10.6. The predicted octanol–water partition coefficient (Wildman–Crippen LogP) is 0.444. The first-order chi connectivity index (χ1) is 9.19. The first-order valence-corrected chi connectivity index (χ1v) is 5.73. The van der Waals surface area contributed by atoms with Crippen molar-refractivity contribution in [2.75, 3.05) is 14.2 Å². The molecule has 19 heavy (non-hydrogen) atoms. The molecule has 0 aliphatic carbocycles. The summed E-state index contributed by atoms with van der Waals surface area (Å²) in [5.74, 6) is -1.55. The Balaban J connectivity index is 2.37. The zero-order valence-corrected chi connectivity index (χ0v) is 10.6. The van der Waals surface area contributed by atoms with Gasteiger partial charge >= 0.3 is 11.9 Å². The second-order valence-corrected chi connectivity index (χ2v) is 4.01. The van der Waals surface area contributed by atoms with E-state index in [1.54, 1.807) is 0 Å². The van der Waals surface area contributed by atoms with Crippen molar-refractivity contribution < 1.29 is 19.1 Å². The van der Waals surface area contributed by atoms with Crippen LogP contribution >= 0.6 is 0 Å². The molecule has 1 N–H and O–H groups in total. The molecule has 0 unspecified atom stereocenters. The Labute approximate surface area is 110 Å². The molecule has 1 aromatic carbocycles. The molecule has 2 atom stereocenters. The van der Waals surface area contributed by atoms with Crippen LogP contribution in [0.25, 0.3) is 0 Å². The van der Waals surface area contributed by atoms with Gasteiger partial charge in [-0.15, -0.1) is 0 Å². The summed E-state index contributed by atoms with van der Waals surface area (Å²) in [5, 5.41) is 3.91. The van der Waals surface area contributed by atoms with Crippen LogP contribution in [0.15, 0.2) is 35.4 Å². The fourth-order valence-corrected chi connectivity index (χ4v) is 2.04. The Bertz CT molecular complexity index is 513. The smallest absolute Gasteiger partial charge is 0.354 e. The molecule has 1 aliphatic heterocycles. The largest absolute Gasteiger partial charge is 0.467 e. The van der Waals surface area contributed by atoms with Crippen LogP contribution in [0, 0.1) is 0 Å². The molecule has 2 rings (SSSR count). The van der Waals surface area contributed by atoms with Gasteiger partial charge in [-0.2, -0.15) is 5.10 Å². The van der Waals surface area contributed by atoms with Gasteiger partial charge in [0, 0.05) is 0 Å². The lowest BCUT2D eigenvalue weighted by molar-refractivity contribution is -0.143. The van der Waals surface area contributed by atoms with Gasteiger partial charge < -0.3 is 9.47 Å². The molecule has 0 bridgehead atoms. The topological polar surface area (TPSA) is 77.0 Å². The molecule has 0 spiro atoms. The number of nitrogens with zero attached hydrogens (tertiary/aromatic N) is 1. The number of ether oxygens (including phenoxy) is 2. The second-order valence-electron chi connectivity index (χ2n) is 4.01. The number of hydrogen-bond donors (Lipinski definition) is 1. The van der Waals surface area contributed by atoms with Gasteiger partial charge in [-0.3, -0.25) is 5.43 Å². The summed E-state index contributed by atoms with van der Waals surface area (Å²) in [6.07, 6.45) is 0. The first-order valence-electron chi connectivity index (χ1n) is 5.73. The van der Waals surface area contributed by atoms with Crippen molar-refractivity contribution in [1.82, 2.24) is 5.43 Å². The van der Waals surface area contributed by atoms with Crippen LogP contribution in [0.5, 0.6) is 0 Å². The molecule has 6 heteroatoms. The molecule has 0 saturated carbocycles. The molecule has 1 aliphatic rings. The third-order valence-electron chi connectivity index (χ3n) is 2.96. The van der Waals surface area contributed by atoms with Crippen LogP contribution in [0.2, 0.25) is 0 Å². The number of benzene rings is 1.